The van der Waals surface area contributed by atoms with Crippen molar-refractivity contribution >= 4 is 32.5 Å². The van der Waals surface area contributed by atoms with Gasteiger partial charge in [-0.25, -0.2) is 13.4 Å². The molecule has 0 N–H and O–H groups in total. The molecule has 1 aromatic heterocycles. The standard InChI is InChI=1S/C20H18F3N3O3S/c21-20(22,23)19-24-16-8-4-5-9-17(16)25(19)12-18(27)26(14-6-2-1-3-7-14)15-10-11-30(28,29)13-15/h1-9,15H,10-13H2/t15-/m0/s1. The highest BCUT2D eigenvalue weighted by atomic mass is 32.2. The van der Waals surface area contributed by atoms with E-state index in [9.17, 15) is 26.4 Å². The van der Waals surface area contributed by atoms with E-state index in [0.29, 0.717) is 5.69 Å². The molecule has 2 heterocycles. The number of rotatable bonds is 4. The number of aromatic nitrogens is 2. The number of nitrogens with zero attached hydrogens (tertiary/aromatic N) is 3. The summed E-state index contributed by atoms with van der Waals surface area (Å²) in [4.78, 5) is 18.2. The first-order valence-corrected chi connectivity index (χ1v) is 11.1. The zero-order valence-corrected chi connectivity index (χ0v) is 16.5. The molecule has 0 aliphatic carbocycles. The maximum absolute atomic E-state index is 13.6. The molecule has 158 valence electrons. The zero-order chi connectivity index (χ0) is 21.5. The van der Waals surface area contributed by atoms with Gasteiger partial charge in [0.2, 0.25) is 11.7 Å². The van der Waals surface area contributed by atoms with Gasteiger partial charge in [0.1, 0.15) is 6.54 Å². The van der Waals surface area contributed by atoms with Crippen LogP contribution >= 0.6 is 0 Å². The number of para-hydroxylation sites is 3. The Morgan fingerprint density at radius 3 is 2.40 bits per heavy atom. The second kappa shape index (κ2) is 7.42. The molecule has 0 spiro atoms. The van der Waals surface area contributed by atoms with Gasteiger partial charge in [0.05, 0.1) is 28.6 Å². The summed E-state index contributed by atoms with van der Waals surface area (Å²) in [7, 11) is -3.30. The molecule has 30 heavy (non-hydrogen) atoms. The summed E-state index contributed by atoms with van der Waals surface area (Å²) in [5.74, 6) is -2.07. The predicted octanol–water partition coefficient (Wildman–Crippen LogP) is 3.28. The van der Waals surface area contributed by atoms with Gasteiger partial charge in [0.15, 0.2) is 9.84 Å². The number of amides is 1. The second-order valence-electron chi connectivity index (χ2n) is 7.16. The van der Waals surface area contributed by atoms with Crippen LogP contribution in [-0.4, -0.2) is 41.4 Å². The highest BCUT2D eigenvalue weighted by Crippen LogP contribution is 2.32. The molecule has 0 radical (unpaired) electrons. The minimum absolute atomic E-state index is 0.0594. The third-order valence-electron chi connectivity index (χ3n) is 5.08. The van der Waals surface area contributed by atoms with E-state index in [1.165, 1.54) is 17.0 Å². The minimum Gasteiger partial charge on any atom is -0.311 e. The van der Waals surface area contributed by atoms with Crippen LogP contribution in [0.4, 0.5) is 18.9 Å². The first kappa shape index (κ1) is 20.4. The number of hydrogen-bond acceptors (Lipinski definition) is 4. The summed E-state index contributed by atoms with van der Waals surface area (Å²) in [6.07, 6.45) is -4.51. The van der Waals surface area contributed by atoms with Crippen molar-refractivity contribution in [2.24, 2.45) is 0 Å². The quantitative estimate of drug-likeness (QED) is 0.628. The van der Waals surface area contributed by atoms with Gasteiger partial charge in [-0.05, 0) is 30.7 Å². The summed E-state index contributed by atoms with van der Waals surface area (Å²) in [5.41, 5.74) is 0.764. The molecule has 3 aromatic rings. The molecular weight excluding hydrogens is 419 g/mol. The molecule has 2 aromatic carbocycles. The van der Waals surface area contributed by atoms with Crippen LogP contribution in [0.15, 0.2) is 54.6 Å². The Morgan fingerprint density at radius 2 is 1.77 bits per heavy atom. The Balaban J connectivity index is 1.75. The lowest BCUT2D eigenvalue weighted by atomic mass is 10.1. The summed E-state index contributed by atoms with van der Waals surface area (Å²) < 4.78 is 65.5. The molecule has 0 unspecified atom stereocenters. The van der Waals surface area contributed by atoms with Gasteiger partial charge in [-0.2, -0.15) is 13.2 Å². The van der Waals surface area contributed by atoms with E-state index in [0.717, 1.165) is 4.57 Å². The van der Waals surface area contributed by atoms with Crippen molar-refractivity contribution in [1.82, 2.24) is 9.55 Å². The monoisotopic (exact) mass is 437 g/mol. The van der Waals surface area contributed by atoms with E-state index >= 15 is 0 Å². The number of benzene rings is 2. The molecule has 1 aliphatic heterocycles. The fraction of sp³-hybridized carbons (Fsp3) is 0.300. The van der Waals surface area contributed by atoms with Crippen molar-refractivity contribution in [3.63, 3.8) is 0 Å². The van der Waals surface area contributed by atoms with Gasteiger partial charge >= 0.3 is 6.18 Å². The Kier molecular flexibility index (Phi) is 5.05. The summed E-state index contributed by atoms with van der Waals surface area (Å²) in [6, 6.07) is 13.8. The molecule has 0 saturated carbocycles. The maximum Gasteiger partial charge on any atom is 0.449 e. The number of carbonyl (C=O) groups is 1. The topological polar surface area (TPSA) is 72.3 Å². The zero-order valence-electron chi connectivity index (χ0n) is 15.7. The lowest BCUT2D eigenvalue weighted by molar-refractivity contribution is -0.147. The van der Waals surface area contributed by atoms with E-state index in [1.54, 1.807) is 42.5 Å². The molecule has 6 nitrogen and oxygen atoms in total. The molecule has 1 aliphatic rings. The third kappa shape index (κ3) is 3.91. The molecule has 1 saturated heterocycles. The molecular formula is C20H18F3N3O3S. The Morgan fingerprint density at radius 1 is 1.10 bits per heavy atom. The number of halogens is 3. The first-order valence-electron chi connectivity index (χ1n) is 9.26. The fourth-order valence-corrected chi connectivity index (χ4v) is 5.49. The Labute approximate surface area is 170 Å². The fourth-order valence-electron chi connectivity index (χ4n) is 3.79. The number of sulfone groups is 1. The van der Waals surface area contributed by atoms with Gasteiger partial charge < -0.3 is 9.47 Å². The normalized spacial score (nSPS) is 18.6. The lowest BCUT2D eigenvalue weighted by Gasteiger charge is -2.29. The van der Waals surface area contributed by atoms with Gasteiger partial charge in [0, 0.05) is 5.69 Å². The molecule has 4 rings (SSSR count). The van der Waals surface area contributed by atoms with Crippen LogP contribution in [0.1, 0.15) is 12.2 Å². The molecule has 10 heteroatoms. The summed E-state index contributed by atoms with van der Waals surface area (Å²) in [5, 5.41) is 0. The largest absolute Gasteiger partial charge is 0.449 e. The number of imidazole rings is 1. The van der Waals surface area contributed by atoms with Crippen LogP contribution in [0.2, 0.25) is 0 Å². The molecule has 1 fully saturated rings. The number of hydrogen-bond donors (Lipinski definition) is 0. The van der Waals surface area contributed by atoms with Crippen LogP contribution < -0.4 is 4.90 Å². The van der Waals surface area contributed by atoms with Crippen molar-refractivity contribution < 1.29 is 26.4 Å². The average molecular weight is 437 g/mol. The number of fused-ring (bicyclic) bond motifs is 1. The molecule has 0 bridgehead atoms. The number of anilines is 1. The average Bonchev–Trinajstić information content (AvgIpc) is 3.23. The van der Waals surface area contributed by atoms with Gasteiger partial charge in [0.25, 0.3) is 0 Å². The van der Waals surface area contributed by atoms with Crippen molar-refractivity contribution in [3.8, 4) is 0 Å². The van der Waals surface area contributed by atoms with Crippen LogP contribution in [0, 0.1) is 0 Å². The minimum atomic E-state index is -4.74. The number of carbonyl (C=O) groups excluding carboxylic acids is 1. The predicted molar refractivity (Wildman–Crippen MR) is 106 cm³/mol. The lowest BCUT2D eigenvalue weighted by Crippen LogP contribution is -2.43. The highest BCUT2D eigenvalue weighted by molar-refractivity contribution is 7.91. The van der Waals surface area contributed by atoms with E-state index in [2.05, 4.69) is 4.98 Å². The van der Waals surface area contributed by atoms with Crippen LogP contribution in [0.25, 0.3) is 11.0 Å². The van der Waals surface area contributed by atoms with E-state index < -0.39 is 40.3 Å². The van der Waals surface area contributed by atoms with Crippen LogP contribution in [-0.2, 0) is 27.4 Å². The van der Waals surface area contributed by atoms with Crippen LogP contribution in [0.3, 0.4) is 0 Å². The van der Waals surface area contributed by atoms with E-state index in [4.69, 9.17) is 0 Å². The highest BCUT2D eigenvalue weighted by Gasteiger charge is 2.40. The van der Waals surface area contributed by atoms with E-state index in [-0.39, 0.29) is 29.0 Å². The van der Waals surface area contributed by atoms with Gasteiger partial charge in [-0.3, -0.25) is 4.79 Å². The van der Waals surface area contributed by atoms with Gasteiger partial charge in [-0.1, -0.05) is 30.3 Å². The maximum atomic E-state index is 13.6. The van der Waals surface area contributed by atoms with E-state index in [1.807, 2.05) is 0 Å². The third-order valence-corrected chi connectivity index (χ3v) is 6.83. The molecule has 1 atom stereocenters. The first-order chi connectivity index (χ1) is 14.2. The Bertz CT molecular complexity index is 1190. The van der Waals surface area contributed by atoms with Crippen molar-refractivity contribution in [3.05, 3.63) is 60.4 Å². The molecule has 1 amide bonds. The van der Waals surface area contributed by atoms with Crippen LogP contribution in [0.5, 0.6) is 0 Å². The van der Waals surface area contributed by atoms with Gasteiger partial charge in [-0.15, -0.1) is 0 Å². The summed E-state index contributed by atoms with van der Waals surface area (Å²) >= 11 is 0. The summed E-state index contributed by atoms with van der Waals surface area (Å²) in [6.45, 7) is -0.610. The van der Waals surface area contributed by atoms with Crippen molar-refractivity contribution in [2.75, 3.05) is 16.4 Å². The second-order valence-corrected chi connectivity index (χ2v) is 9.39. The SMILES string of the molecule is O=C(Cn1c(C(F)(F)F)nc2ccccc21)N(c1ccccc1)[C@H]1CCS(=O)(=O)C1. The Hall–Kier alpha value is -2.88. The van der Waals surface area contributed by atoms with Crippen molar-refractivity contribution in [2.45, 2.75) is 25.2 Å². The smallest absolute Gasteiger partial charge is 0.311 e. The van der Waals surface area contributed by atoms with Crippen molar-refractivity contribution in [1.29, 1.82) is 0 Å². The number of alkyl halides is 3.